The molecule has 1 aliphatic rings. The van der Waals surface area contributed by atoms with Crippen molar-refractivity contribution in [2.45, 2.75) is 11.8 Å². The van der Waals surface area contributed by atoms with Crippen LogP contribution in [0.2, 0.25) is 0 Å². The van der Waals surface area contributed by atoms with E-state index in [-0.39, 0.29) is 18.1 Å². The summed E-state index contributed by atoms with van der Waals surface area (Å²) in [5, 5.41) is 2.93. The first kappa shape index (κ1) is 15.3. The number of fused-ring (bicyclic) bond motifs is 1. The Balaban J connectivity index is 1.87. The van der Waals surface area contributed by atoms with Crippen molar-refractivity contribution in [1.29, 1.82) is 0 Å². The van der Waals surface area contributed by atoms with Crippen molar-refractivity contribution < 1.29 is 9.59 Å². The summed E-state index contributed by atoms with van der Waals surface area (Å²) >= 11 is 0. The van der Waals surface area contributed by atoms with Gasteiger partial charge in [-0.25, -0.2) is 0 Å². The second-order valence-electron chi connectivity index (χ2n) is 6.09. The lowest BCUT2D eigenvalue weighted by Crippen LogP contribution is -2.38. The molecule has 0 radical (unpaired) electrons. The van der Waals surface area contributed by atoms with Crippen LogP contribution in [0.5, 0.6) is 0 Å². The molecule has 1 unspecified atom stereocenters. The first-order chi connectivity index (χ1) is 12.2. The van der Waals surface area contributed by atoms with Crippen LogP contribution in [-0.2, 0) is 10.2 Å². The minimum Gasteiger partial charge on any atom is -0.325 e. The van der Waals surface area contributed by atoms with Crippen LogP contribution in [0.15, 0.2) is 79.0 Å². The van der Waals surface area contributed by atoms with Gasteiger partial charge in [0.15, 0.2) is 5.78 Å². The first-order valence-corrected chi connectivity index (χ1v) is 8.12. The number of nitrogens with one attached hydrogen (secondary N) is 1. The maximum atomic E-state index is 13.0. The lowest BCUT2D eigenvalue weighted by molar-refractivity contribution is -0.119. The number of carbonyl (C=O) groups excluding carboxylic acids is 2. The molecule has 0 saturated carbocycles. The van der Waals surface area contributed by atoms with Gasteiger partial charge in [0.2, 0.25) is 5.91 Å². The molecule has 0 saturated heterocycles. The monoisotopic (exact) mass is 328 g/mol. The Morgan fingerprint density at radius 2 is 1.64 bits per heavy atom. The first-order valence-electron chi connectivity index (χ1n) is 8.12. The molecule has 0 spiro atoms. The van der Waals surface area contributed by atoms with Crippen molar-refractivity contribution in [3.8, 4) is 0 Å². The summed E-state index contributed by atoms with van der Waals surface area (Å²) in [6.07, 6.45) is 1.63. The van der Waals surface area contributed by atoms with Crippen molar-refractivity contribution in [3.05, 3.63) is 95.8 Å². The van der Waals surface area contributed by atoms with E-state index in [0.717, 1.165) is 16.8 Å². The van der Waals surface area contributed by atoms with Gasteiger partial charge in [0.05, 0.1) is 0 Å². The average Bonchev–Trinajstić information content (AvgIpc) is 2.95. The van der Waals surface area contributed by atoms with Crippen molar-refractivity contribution in [2.24, 2.45) is 0 Å². The quantitative estimate of drug-likeness (QED) is 0.745. The van der Waals surface area contributed by atoms with Gasteiger partial charge in [0.25, 0.3) is 0 Å². The summed E-state index contributed by atoms with van der Waals surface area (Å²) in [6.45, 7) is 0. The normalized spacial score (nSPS) is 18.5. The number of carbonyl (C=O) groups is 2. The molecule has 1 aliphatic heterocycles. The Kier molecular flexibility index (Phi) is 3.65. The van der Waals surface area contributed by atoms with Crippen LogP contribution in [-0.4, -0.2) is 16.7 Å². The molecule has 122 valence electrons. The third-order valence-electron chi connectivity index (χ3n) is 4.67. The summed E-state index contributed by atoms with van der Waals surface area (Å²) in [5.41, 5.74) is 1.73. The second-order valence-corrected chi connectivity index (χ2v) is 6.09. The molecular formula is C21H16N2O2. The van der Waals surface area contributed by atoms with Gasteiger partial charge in [0.1, 0.15) is 11.1 Å². The number of nitrogens with zero attached hydrogens (tertiary/aromatic N) is 1. The highest BCUT2D eigenvalue weighted by Gasteiger charge is 2.49. The van der Waals surface area contributed by atoms with Crippen LogP contribution < -0.4 is 5.32 Å². The minimum absolute atomic E-state index is 0.0386. The number of aromatic nitrogens is 1. The van der Waals surface area contributed by atoms with Gasteiger partial charge in [-0.3, -0.25) is 14.6 Å². The van der Waals surface area contributed by atoms with Crippen LogP contribution in [0.25, 0.3) is 0 Å². The van der Waals surface area contributed by atoms with Crippen LogP contribution in [0, 0.1) is 0 Å². The fraction of sp³-hybridized carbons (Fsp3) is 0.0952. The number of ketones is 1. The number of pyridine rings is 1. The number of hydrogen-bond donors (Lipinski definition) is 1. The number of rotatable bonds is 4. The number of para-hydroxylation sites is 1. The fourth-order valence-corrected chi connectivity index (χ4v) is 3.46. The summed E-state index contributed by atoms with van der Waals surface area (Å²) in [4.78, 5) is 30.1. The predicted octanol–water partition coefficient (Wildman–Crippen LogP) is 3.59. The molecule has 1 amide bonds. The topological polar surface area (TPSA) is 59.1 Å². The summed E-state index contributed by atoms with van der Waals surface area (Å²) in [5.74, 6) is -0.333. The molecule has 4 rings (SSSR count). The van der Waals surface area contributed by atoms with E-state index in [0.29, 0.717) is 5.69 Å². The minimum atomic E-state index is -1.04. The number of anilines is 1. The van der Waals surface area contributed by atoms with E-state index in [1.54, 1.807) is 24.4 Å². The Labute approximate surface area is 145 Å². The highest BCUT2D eigenvalue weighted by Crippen LogP contribution is 2.45. The predicted molar refractivity (Wildman–Crippen MR) is 95.5 cm³/mol. The lowest BCUT2D eigenvalue weighted by atomic mass is 9.71. The van der Waals surface area contributed by atoms with E-state index in [1.807, 2.05) is 54.6 Å². The smallest absolute Gasteiger partial charge is 0.240 e. The molecule has 1 N–H and O–H groups in total. The summed E-state index contributed by atoms with van der Waals surface area (Å²) < 4.78 is 0. The third-order valence-corrected chi connectivity index (χ3v) is 4.67. The second kappa shape index (κ2) is 5.98. The zero-order valence-electron chi connectivity index (χ0n) is 13.5. The Bertz CT molecular complexity index is 938. The highest BCUT2D eigenvalue weighted by molar-refractivity contribution is 6.12. The van der Waals surface area contributed by atoms with Crippen molar-refractivity contribution in [3.63, 3.8) is 0 Å². The van der Waals surface area contributed by atoms with Gasteiger partial charge < -0.3 is 5.32 Å². The molecule has 2 heterocycles. The van der Waals surface area contributed by atoms with E-state index < -0.39 is 5.41 Å². The Hall–Kier alpha value is -3.27. The maximum absolute atomic E-state index is 13.0. The number of benzene rings is 2. The van der Waals surface area contributed by atoms with Gasteiger partial charge in [-0.05, 0) is 29.3 Å². The Morgan fingerprint density at radius 3 is 2.40 bits per heavy atom. The summed E-state index contributed by atoms with van der Waals surface area (Å²) in [7, 11) is 0. The van der Waals surface area contributed by atoms with Gasteiger partial charge in [0, 0.05) is 18.3 Å². The third kappa shape index (κ3) is 2.43. The zero-order chi connectivity index (χ0) is 17.3. The largest absolute Gasteiger partial charge is 0.325 e. The molecule has 4 nitrogen and oxygen atoms in total. The summed E-state index contributed by atoms with van der Waals surface area (Å²) in [6, 6.07) is 22.2. The lowest BCUT2D eigenvalue weighted by Gasteiger charge is -2.27. The van der Waals surface area contributed by atoms with E-state index >= 15 is 0 Å². The van der Waals surface area contributed by atoms with Gasteiger partial charge in [-0.2, -0.15) is 0 Å². The molecule has 1 atom stereocenters. The van der Waals surface area contributed by atoms with Crippen molar-refractivity contribution >= 4 is 17.4 Å². The Morgan fingerprint density at radius 1 is 0.920 bits per heavy atom. The number of Topliss-reactive ketones (excluding diaryl/α,β-unsaturated/α-hetero) is 1. The van der Waals surface area contributed by atoms with Crippen LogP contribution in [0.3, 0.4) is 0 Å². The van der Waals surface area contributed by atoms with Gasteiger partial charge in [-0.1, -0.05) is 54.6 Å². The van der Waals surface area contributed by atoms with E-state index in [2.05, 4.69) is 10.3 Å². The maximum Gasteiger partial charge on any atom is 0.240 e. The highest BCUT2D eigenvalue weighted by atomic mass is 16.2. The van der Waals surface area contributed by atoms with Crippen LogP contribution >= 0.6 is 0 Å². The number of amides is 1. The molecule has 3 aromatic rings. The van der Waals surface area contributed by atoms with E-state index in [1.165, 1.54) is 0 Å². The van der Waals surface area contributed by atoms with Gasteiger partial charge in [-0.15, -0.1) is 0 Å². The molecule has 0 bridgehead atoms. The van der Waals surface area contributed by atoms with Crippen molar-refractivity contribution in [1.82, 2.24) is 4.98 Å². The van der Waals surface area contributed by atoms with Crippen LogP contribution in [0.4, 0.5) is 5.69 Å². The van der Waals surface area contributed by atoms with Crippen molar-refractivity contribution in [2.75, 3.05) is 5.32 Å². The average molecular weight is 328 g/mol. The van der Waals surface area contributed by atoms with E-state index in [4.69, 9.17) is 0 Å². The molecule has 25 heavy (non-hydrogen) atoms. The molecule has 0 aliphatic carbocycles. The zero-order valence-corrected chi connectivity index (χ0v) is 13.5. The number of hydrogen-bond acceptors (Lipinski definition) is 3. The standard InChI is InChI=1S/C21H16N2O2/c24-19(18-12-6-7-13-22-18)14-21(15-8-2-1-3-9-15)16-10-4-5-11-17(16)23-20(21)25/h1-13H,14H2,(H,23,25). The molecule has 0 fully saturated rings. The molecule has 4 heteroatoms. The molecule has 2 aromatic carbocycles. The SMILES string of the molecule is O=C(CC1(c2ccccc2)C(=O)Nc2ccccc21)c1ccccn1. The molecule has 1 aromatic heterocycles. The molecular weight excluding hydrogens is 312 g/mol. The van der Waals surface area contributed by atoms with Crippen LogP contribution in [0.1, 0.15) is 28.0 Å². The van der Waals surface area contributed by atoms with E-state index in [9.17, 15) is 9.59 Å². The fourth-order valence-electron chi connectivity index (χ4n) is 3.46. The van der Waals surface area contributed by atoms with Gasteiger partial charge >= 0.3 is 0 Å².